The maximum absolute atomic E-state index is 12.1. The van der Waals surface area contributed by atoms with Gasteiger partial charge in [0.1, 0.15) is 5.69 Å². The van der Waals surface area contributed by atoms with E-state index in [1.165, 1.54) is 5.56 Å². The molecule has 0 saturated heterocycles. The topological polar surface area (TPSA) is 66.9 Å². The van der Waals surface area contributed by atoms with E-state index in [2.05, 4.69) is 33.6 Å². The van der Waals surface area contributed by atoms with Crippen LogP contribution in [0.25, 0.3) is 0 Å². The third-order valence-corrected chi connectivity index (χ3v) is 3.27. The summed E-state index contributed by atoms with van der Waals surface area (Å²) in [5, 5.41) is 6.05. The van der Waals surface area contributed by atoms with Crippen LogP contribution in [0.3, 0.4) is 0 Å². The van der Waals surface area contributed by atoms with Gasteiger partial charge in [-0.15, -0.1) is 0 Å². The molecule has 0 radical (unpaired) electrons. The van der Waals surface area contributed by atoms with E-state index in [0.29, 0.717) is 18.2 Å². The van der Waals surface area contributed by atoms with Gasteiger partial charge in [-0.3, -0.25) is 4.79 Å². The summed E-state index contributed by atoms with van der Waals surface area (Å²) in [5.41, 5.74) is 3.30. The average Bonchev–Trinajstić information content (AvgIpc) is 2.52. The lowest BCUT2D eigenvalue weighted by molar-refractivity contribution is 0.0948. The van der Waals surface area contributed by atoms with Crippen LogP contribution in [0.4, 0.5) is 11.6 Å². The van der Waals surface area contributed by atoms with Crippen LogP contribution in [0.5, 0.6) is 0 Å². The molecule has 2 aromatic rings. The fourth-order valence-electron chi connectivity index (χ4n) is 2.14. The summed E-state index contributed by atoms with van der Waals surface area (Å²) in [6, 6.07) is 9.72. The minimum absolute atomic E-state index is 0.167. The molecule has 22 heavy (non-hydrogen) atoms. The Morgan fingerprint density at radius 1 is 1.18 bits per heavy atom. The normalized spacial score (nSPS) is 10.3. The second kappa shape index (κ2) is 7.54. The van der Waals surface area contributed by atoms with Gasteiger partial charge in [-0.2, -0.15) is 0 Å². The fraction of sp³-hybridized carbons (Fsp3) is 0.353. The van der Waals surface area contributed by atoms with E-state index in [-0.39, 0.29) is 5.91 Å². The summed E-state index contributed by atoms with van der Waals surface area (Å²) >= 11 is 0. The zero-order valence-corrected chi connectivity index (χ0v) is 13.3. The molecule has 0 atom stereocenters. The van der Waals surface area contributed by atoms with Crippen LogP contribution in [0.15, 0.2) is 30.3 Å². The Bertz CT molecular complexity index is 655. The first-order chi connectivity index (χ1) is 10.6. The van der Waals surface area contributed by atoms with Crippen molar-refractivity contribution in [1.82, 2.24) is 15.3 Å². The van der Waals surface area contributed by atoms with Crippen LogP contribution in [0.2, 0.25) is 0 Å². The molecule has 1 heterocycles. The molecule has 2 rings (SSSR count). The summed E-state index contributed by atoms with van der Waals surface area (Å²) in [5.74, 6) is 0.279. The van der Waals surface area contributed by atoms with Gasteiger partial charge in [0.25, 0.3) is 5.91 Å². The predicted molar refractivity (Wildman–Crippen MR) is 88.5 cm³/mol. The summed E-state index contributed by atoms with van der Waals surface area (Å²) < 4.78 is 0. The molecule has 5 heteroatoms. The molecule has 1 amide bonds. The molecule has 1 aromatic carbocycles. The van der Waals surface area contributed by atoms with Crippen LogP contribution in [0.1, 0.15) is 42.0 Å². The largest absolute Gasteiger partial charge is 0.351 e. The van der Waals surface area contributed by atoms with Crippen LogP contribution in [-0.4, -0.2) is 22.4 Å². The maximum Gasteiger partial charge on any atom is 0.270 e. The van der Waals surface area contributed by atoms with Crippen LogP contribution < -0.4 is 10.6 Å². The number of carbonyl (C=O) groups excluding carboxylic acids is 1. The lowest BCUT2D eigenvalue weighted by Crippen LogP contribution is -2.25. The van der Waals surface area contributed by atoms with Gasteiger partial charge in [0.15, 0.2) is 0 Å². The molecule has 0 fully saturated rings. The summed E-state index contributed by atoms with van der Waals surface area (Å²) in [4.78, 5) is 20.7. The van der Waals surface area contributed by atoms with Gasteiger partial charge in [-0.05, 0) is 37.5 Å². The molecular formula is C17H22N4O. The summed E-state index contributed by atoms with van der Waals surface area (Å²) in [6.45, 7) is 6.61. The van der Waals surface area contributed by atoms with Gasteiger partial charge in [0.2, 0.25) is 5.95 Å². The second-order valence-electron chi connectivity index (χ2n) is 5.11. The molecule has 0 spiro atoms. The van der Waals surface area contributed by atoms with Gasteiger partial charge in [0.05, 0.1) is 0 Å². The van der Waals surface area contributed by atoms with Crippen molar-refractivity contribution in [3.63, 3.8) is 0 Å². The van der Waals surface area contributed by atoms with E-state index in [0.717, 1.165) is 24.2 Å². The van der Waals surface area contributed by atoms with Crippen molar-refractivity contribution < 1.29 is 4.79 Å². The van der Waals surface area contributed by atoms with E-state index >= 15 is 0 Å². The number of nitrogens with one attached hydrogen (secondary N) is 2. The van der Waals surface area contributed by atoms with E-state index < -0.39 is 0 Å². The van der Waals surface area contributed by atoms with Crippen LogP contribution >= 0.6 is 0 Å². The van der Waals surface area contributed by atoms with Gasteiger partial charge in [0, 0.05) is 17.9 Å². The van der Waals surface area contributed by atoms with Gasteiger partial charge < -0.3 is 10.6 Å². The minimum Gasteiger partial charge on any atom is -0.351 e. The van der Waals surface area contributed by atoms with Crippen LogP contribution in [-0.2, 0) is 6.42 Å². The average molecular weight is 298 g/mol. The van der Waals surface area contributed by atoms with Crippen molar-refractivity contribution in [3.05, 3.63) is 47.3 Å². The first kappa shape index (κ1) is 15.9. The number of aromatic nitrogens is 2. The zero-order valence-electron chi connectivity index (χ0n) is 13.3. The van der Waals surface area contributed by atoms with E-state index in [1.807, 2.05) is 32.0 Å². The Labute approximate surface area is 131 Å². The van der Waals surface area contributed by atoms with Gasteiger partial charge in [-0.1, -0.05) is 32.0 Å². The first-order valence-corrected chi connectivity index (χ1v) is 7.62. The van der Waals surface area contributed by atoms with Crippen LogP contribution in [0, 0.1) is 6.92 Å². The van der Waals surface area contributed by atoms with Crippen molar-refractivity contribution >= 4 is 17.5 Å². The molecule has 0 aliphatic rings. The number of aryl methyl sites for hydroxylation is 2. The Morgan fingerprint density at radius 2 is 1.95 bits per heavy atom. The summed E-state index contributed by atoms with van der Waals surface area (Å²) in [6.07, 6.45) is 1.81. The number of para-hydroxylation sites is 1. The Balaban J connectivity index is 2.24. The molecule has 0 unspecified atom stereocenters. The number of carbonyl (C=O) groups is 1. The Hall–Kier alpha value is -2.43. The molecule has 0 aliphatic carbocycles. The Morgan fingerprint density at radius 3 is 2.68 bits per heavy atom. The number of benzene rings is 1. The van der Waals surface area contributed by atoms with Crippen molar-refractivity contribution in [2.45, 2.75) is 33.6 Å². The van der Waals surface area contributed by atoms with E-state index in [1.54, 1.807) is 6.07 Å². The molecule has 2 N–H and O–H groups in total. The molecule has 0 aliphatic heterocycles. The highest BCUT2D eigenvalue weighted by Gasteiger charge is 2.10. The fourth-order valence-corrected chi connectivity index (χ4v) is 2.14. The van der Waals surface area contributed by atoms with E-state index in [4.69, 9.17) is 0 Å². The number of hydrogen-bond acceptors (Lipinski definition) is 4. The summed E-state index contributed by atoms with van der Waals surface area (Å²) in [7, 11) is 0. The molecule has 0 saturated carbocycles. The lowest BCUT2D eigenvalue weighted by atomic mass is 10.1. The van der Waals surface area contributed by atoms with Gasteiger partial charge in [-0.25, -0.2) is 9.97 Å². The highest BCUT2D eigenvalue weighted by Crippen LogP contribution is 2.19. The third-order valence-electron chi connectivity index (χ3n) is 3.27. The zero-order chi connectivity index (χ0) is 15.9. The second-order valence-corrected chi connectivity index (χ2v) is 5.11. The quantitative estimate of drug-likeness (QED) is 0.859. The number of nitrogens with zero attached hydrogens (tertiary/aromatic N) is 2. The predicted octanol–water partition coefficient (Wildman–Crippen LogP) is 3.23. The molecule has 1 aromatic heterocycles. The third kappa shape index (κ3) is 4.04. The highest BCUT2D eigenvalue weighted by atomic mass is 16.1. The number of anilines is 2. The van der Waals surface area contributed by atoms with Crippen molar-refractivity contribution in [2.75, 3.05) is 11.9 Å². The van der Waals surface area contributed by atoms with Crippen molar-refractivity contribution in [3.8, 4) is 0 Å². The minimum atomic E-state index is -0.167. The van der Waals surface area contributed by atoms with E-state index in [9.17, 15) is 4.79 Å². The maximum atomic E-state index is 12.1. The SMILES string of the molecule is CCCNC(=O)c1cc(C)nc(Nc2ccccc2CC)n1. The number of amides is 1. The van der Waals surface area contributed by atoms with Gasteiger partial charge >= 0.3 is 0 Å². The molecule has 0 bridgehead atoms. The Kier molecular flexibility index (Phi) is 5.47. The molecule has 116 valence electrons. The standard InChI is InChI=1S/C17H22N4O/c1-4-10-18-16(22)15-11-12(3)19-17(21-15)20-14-9-7-6-8-13(14)5-2/h6-9,11H,4-5,10H2,1-3H3,(H,18,22)(H,19,20,21). The molecule has 5 nitrogen and oxygen atoms in total. The smallest absolute Gasteiger partial charge is 0.270 e. The van der Waals surface area contributed by atoms with Crippen molar-refractivity contribution in [1.29, 1.82) is 0 Å². The van der Waals surface area contributed by atoms with Crippen molar-refractivity contribution in [2.24, 2.45) is 0 Å². The number of hydrogen-bond donors (Lipinski definition) is 2. The monoisotopic (exact) mass is 298 g/mol. The molecular weight excluding hydrogens is 276 g/mol. The number of rotatable bonds is 6. The first-order valence-electron chi connectivity index (χ1n) is 7.62. The lowest BCUT2D eigenvalue weighted by Gasteiger charge is -2.11. The highest BCUT2D eigenvalue weighted by molar-refractivity contribution is 5.92.